The molecule has 2 amide bonds. The number of hydrogen-bond acceptors (Lipinski definition) is 4. The minimum Gasteiger partial charge on any atom is -0.486 e. The normalized spacial score (nSPS) is 20.1. The summed E-state index contributed by atoms with van der Waals surface area (Å²) in [6, 6.07) is 5.62. The summed E-state index contributed by atoms with van der Waals surface area (Å²) in [5, 5.41) is 3.08. The fourth-order valence-electron chi connectivity index (χ4n) is 3.60. The van der Waals surface area contributed by atoms with Crippen molar-refractivity contribution in [2.24, 2.45) is 11.8 Å². The third-order valence-corrected chi connectivity index (χ3v) is 5.14. The molecule has 0 aromatic heterocycles. The summed E-state index contributed by atoms with van der Waals surface area (Å²) in [5.41, 5.74) is 0.754. The number of amides is 2. The standard InChI is InChI=1S/C21H30N2O4/c1-14(2)5-4-6-15(3)22-21(25)16-11-20(24)23(13-16)17-7-8-18-19(12-17)27-10-9-26-18/h7-8,12,14-16H,4-6,9-11,13H2,1-3H3,(H,22,25)/t15-,16+/m1/s1. The summed E-state index contributed by atoms with van der Waals surface area (Å²) in [4.78, 5) is 26.7. The number of hydrogen-bond donors (Lipinski definition) is 1. The predicted molar refractivity (Wildman–Crippen MR) is 104 cm³/mol. The van der Waals surface area contributed by atoms with Crippen LogP contribution in [0.15, 0.2) is 18.2 Å². The first-order valence-corrected chi connectivity index (χ1v) is 9.94. The Balaban J connectivity index is 1.56. The van der Waals surface area contributed by atoms with Crippen molar-refractivity contribution in [3.8, 4) is 11.5 Å². The van der Waals surface area contributed by atoms with Gasteiger partial charge in [0.25, 0.3) is 0 Å². The Morgan fingerprint density at radius 1 is 1.19 bits per heavy atom. The van der Waals surface area contributed by atoms with Crippen molar-refractivity contribution >= 4 is 17.5 Å². The van der Waals surface area contributed by atoms with E-state index in [2.05, 4.69) is 19.2 Å². The van der Waals surface area contributed by atoms with Gasteiger partial charge in [0.2, 0.25) is 11.8 Å². The zero-order valence-electron chi connectivity index (χ0n) is 16.5. The van der Waals surface area contributed by atoms with E-state index in [0.717, 1.165) is 18.5 Å². The molecule has 0 saturated carbocycles. The second-order valence-corrected chi connectivity index (χ2v) is 7.97. The third kappa shape index (κ3) is 4.93. The lowest BCUT2D eigenvalue weighted by atomic mass is 10.0. The molecule has 3 rings (SSSR count). The van der Waals surface area contributed by atoms with Gasteiger partial charge < -0.3 is 19.7 Å². The van der Waals surface area contributed by atoms with Crippen LogP contribution in [-0.4, -0.2) is 37.6 Å². The van der Waals surface area contributed by atoms with Crippen LogP contribution < -0.4 is 19.7 Å². The van der Waals surface area contributed by atoms with E-state index in [1.807, 2.05) is 25.1 Å². The maximum absolute atomic E-state index is 12.6. The molecule has 1 aromatic rings. The average molecular weight is 374 g/mol. The fraction of sp³-hybridized carbons (Fsp3) is 0.619. The Morgan fingerprint density at radius 3 is 2.67 bits per heavy atom. The molecule has 1 saturated heterocycles. The Bertz CT molecular complexity index is 689. The lowest BCUT2D eigenvalue weighted by Gasteiger charge is -2.22. The third-order valence-electron chi connectivity index (χ3n) is 5.14. The van der Waals surface area contributed by atoms with Crippen LogP contribution in [0, 0.1) is 11.8 Å². The molecule has 1 fully saturated rings. The van der Waals surface area contributed by atoms with E-state index >= 15 is 0 Å². The van der Waals surface area contributed by atoms with Gasteiger partial charge in [0.1, 0.15) is 13.2 Å². The first-order valence-electron chi connectivity index (χ1n) is 9.94. The zero-order chi connectivity index (χ0) is 19.4. The molecule has 2 heterocycles. The quantitative estimate of drug-likeness (QED) is 0.796. The van der Waals surface area contributed by atoms with Gasteiger partial charge >= 0.3 is 0 Å². The largest absolute Gasteiger partial charge is 0.486 e. The van der Waals surface area contributed by atoms with Gasteiger partial charge in [-0.1, -0.05) is 26.7 Å². The molecule has 1 aromatic carbocycles. The van der Waals surface area contributed by atoms with Crippen molar-refractivity contribution in [1.82, 2.24) is 5.32 Å². The van der Waals surface area contributed by atoms with E-state index in [1.165, 1.54) is 6.42 Å². The van der Waals surface area contributed by atoms with Gasteiger partial charge in [-0.05, 0) is 31.4 Å². The topological polar surface area (TPSA) is 67.9 Å². The molecule has 2 atom stereocenters. The number of nitrogens with one attached hydrogen (secondary N) is 1. The lowest BCUT2D eigenvalue weighted by molar-refractivity contribution is -0.126. The highest BCUT2D eigenvalue weighted by molar-refractivity contribution is 6.00. The Morgan fingerprint density at radius 2 is 1.93 bits per heavy atom. The van der Waals surface area contributed by atoms with E-state index in [4.69, 9.17) is 9.47 Å². The minimum absolute atomic E-state index is 0.0274. The van der Waals surface area contributed by atoms with Gasteiger partial charge in [0, 0.05) is 30.8 Å². The zero-order valence-corrected chi connectivity index (χ0v) is 16.5. The SMILES string of the molecule is CC(C)CCC[C@@H](C)NC(=O)[C@H]1CC(=O)N(c2ccc3c(c2)OCCO3)C1. The summed E-state index contributed by atoms with van der Waals surface area (Å²) in [7, 11) is 0. The van der Waals surface area contributed by atoms with Crippen LogP contribution in [0.3, 0.4) is 0 Å². The predicted octanol–water partition coefficient (Wildman–Crippen LogP) is 3.14. The van der Waals surface area contributed by atoms with Crippen LogP contribution >= 0.6 is 0 Å². The molecule has 6 heteroatoms. The van der Waals surface area contributed by atoms with E-state index in [1.54, 1.807) is 4.90 Å². The van der Waals surface area contributed by atoms with Gasteiger partial charge in [-0.2, -0.15) is 0 Å². The molecule has 0 radical (unpaired) electrons. The molecule has 148 valence electrons. The average Bonchev–Trinajstić information content (AvgIpc) is 3.03. The highest BCUT2D eigenvalue weighted by Gasteiger charge is 2.35. The van der Waals surface area contributed by atoms with Gasteiger partial charge in [-0.15, -0.1) is 0 Å². The molecular weight excluding hydrogens is 344 g/mol. The molecule has 0 unspecified atom stereocenters. The molecule has 27 heavy (non-hydrogen) atoms. The number of rotatable bonds is 7. The maximum atomic E-state index is 12.6. The Labute approximate surface area is 161 Å². The van der Waals surface area contributed by atoms with Crippen molar-refractivity contribution in [3.63, 3.8) is 0 Å². The fourth-order valence-corrected chi connectivity index (χ4v) is 3.60. The Hall–Kier alpha value is -2.24. The minimum atomic E-state index is -0.307. The van der Waals surface area contributed by atoms with E-state index in [9.17, 15) is 9.59 Å². The van der Waals surface area contributed by atoms with Gasteiger partial charge in [-0.25, -0.2) is 0 Å². The summed E-state index contributed by atoms with van der Waals surface area (Å²) in [5.74, 6) is 1.66. The van der Waals surface area contributed by atoms with Crippen molar-refractivity contribution in [2.45, 2.75) is 52.5 Å². The van der Waals surface area contributed by atoms with Crippen LogP contribution in [0.2, 0.25) is 0 Å². The van der Waals surface area contributed by atoms with Crippen molar-refractivity contribution in [3.05, 3.63) is 18.2 Å². The first kappa shape index (κ1) is 19.5. The molecule has 2 aliphatic heterocycles. The number of anilines is 1. The second kappa shape index (κ2) is 8.63. The van der Waals surface area contributed by atoms with Crippen LogP contribution in [-0.2, 0) is 9.59 Å². The number of ether oxygens (including phenoxy) is 2. The molecule has 0 spiro atoms. The van der Waals surface area contributed by atoms with Crippen molar-refractivity contribution in [2.75, 3.05) is 24.7 Å². The summed E-state index contributed by atoms with van der Waals surface area (Å²) in [6.45, 7) is 7.90. The highest BCUT2D eigenvalue weighted by atomic mass is 16.6. The van der Waals surface area contributed by atoms with Crippen molar-refractivity contribution < 1.29 is 19.1 Å². The smallest absolute Gasteiger partial charge is 0.227 e. The summed E-state index contributed by atoms with van der Waals surface area (Å²) < 4.78 is 11.1. The van der Waals surface area contributed by atoms with E-state index in [-0.39, 0.29) is 30.2 Å². The molecule has 6 nitrogen and oxygen atoms in total. The molecule has 1 N–H and O–H groups in total. The summed E-state index contributed by atoms with van der Waals surface area (Å²) >= 11 is 0. The molecular formula is C21H30N2O4. The van der Waals surface area contributed by atoms with Crippen molar-refractivity contribution in [1.29, 1.82) is 0 Å². The number of carbonyl (C=O) groups excluding carboxylic acids is 2. The molecule has 2 aliphatic rings. The van der Waals surface area contributed by atoms with Crippen LogP contribution in [0.5, 0.6) is 11.5 Å². The number of benzene rings is 1. The molecule has 0 aliphatic carbocycles. The van der Waals surface area contributed by atoms with Crippen LogP contribution in [0.1, 0.15) is 46.5 Å². The monoisotopic (exact) mass is 374 g/mol. The van der Waals surface area contributed by atoms with E-state index in [0.29, 0.717) is 37.2 Å². The van der Waals surface area contributed by atoms with Crippen LogP contribution in [0.4, 0.5) is 5.69 Å². The molecule has 0 bridgehead atoms. The second-order valence-electron chi connectivity index (χ2n) is 7.97. The van der Waals surface area contributed by atoms with Gasteiger partial charge in [0.05, 0.1) is 5.92 Å². The van der Waals surface area contributed by atoms with E-state index < -0.39 is 0 Å². The summed E-state index contributed by atoms with van der Waals surface area (Å²) in [6.07, 6.45) is 3.49. The maximum Gasteiger partial charge on any atom is 0.227 e. The Kier molecular flexibility index (Phi) is 6.24. The van der Waals surface area contributed by atoms with Gasteiger partial charge in [0.15, 0.2) is 11.5 Å². The van der Waals surface area contributed by atoms with Gasteiger partial charge in [-0.3, -0.25) is 9.59 Å². The van der Waals surface area contributed by atoms with Crippen LogP contribution in [0.25, 0.3) is 0 Å². The number of fused-ring (bicyclic) bond motifs is 1. The highest BCUT2D eigenvalue weighted by Crippen LogP contribution is 2.36. The first-order chi connectivity index (χ1) is 12.9. The number of nitrogens with zero attached hydrogens (tertiary/aromatic N) is 1. The number of carbonyl (C=O) groups is 2. The lowest BCUT2D eigenvalue weighted by Crippen LogP contribution is -2.38.